The van der Waals surface area contributed by atoms with Gasteiger partial charge in [-0.15, -0.1) is 0 Å². The van der Waals surface area contributed by atoms with Crippen LogP contribution in [0.3, 0.4) is 0 Å². The molecule has 0 spiro atoms. The third-order valence-electron chi connectivity index (χ3n) is 7.63. The minimum atomic E-state index is -0.709. The Morgan fingerprint density at radius 2 is 1.19 bits per heavy atom. The first kappa shape index (κ1) is 40.6. The van der Waals surface area contributed by atoms with Gasteiger partial charge in [0.1, 0.15) is 6.04 Å². The van der Waals surface area contributed by atoms with Gasteiger partial charge in [-0.3, -0.25) is 4.79 Å². The number of carbonyl (C=O) groups is 3. The zero-order valence-electron chi connectivity index (χ0n) is 27.7. The van der Waals surface area contributed by atoms with E-state index in [1.54, 1.807) is 0 Å². The number of rotatable bonds is 31. The molecule has 250 valence electrons. The summed E-state index contributed by atoms with van der Waals surface area (Å²) in [7, 11) is 0. The molecule has 43 heavy (non-hydrogen) atoms. The van der Waals surface area contributed by atoms with E-state index in [2.05, 4.69) is 34.8 Å². The molecule has 0 heterocycles. The minimum Gasteiger partial charge on any atom is -0.464 e. The predicted octanol–water partition coefficient (Wildman–Crippen LogP) is 7.66. The zero-order valence-corrected chi connectivity index (χ0v) is 27.7. The second kappa shape index (κ2) is 32.5. The Kier molecular flexibility index (Phi) is 30.7. The van der Waals surface area contributed by atoms with E-state index in [0.717, 1.165) is 64.2 Å². The maximum Gasteiger partial charge on any atom is 0.328 e. The molecule has 0 rings (SSSR count). The van der Waals surface area contributed by atoms with E-state index in [0.29, 0.717) is 45.5 Å². The standard InChI is InChI=1S/C34H64N4O5/c1-3-5-7-9-11-12-13-14-18-25-32(40)36-27-22-19-24-31(33(41)43-29-23-17-10-8-6-4-2)38-34(42)37-28-21-16-15-20-26-35-30-39/h31H,3-29H2,1-2H3,(H,36,40)(H2,37,38,42)/t31-/m0/s1. The van der Waals surface area contributed by atoms with Crippen molar-refractivity contribution >= 4 is 24.0 Å². The summed E-state index contributed by atoms with van der Waals surface area (Å²) in [5.41, 5.74) is 0. The average Bonchev–Trinajstić information content (AvgIpc) is 3.00. The molecule has 3 N–H and O–H groups in total. The molecule has 0 aliphatic heterocycles. The van der Waals surface area contributed by atoms with Crippen LogP contribution in [0.25, 0.3) is 0 Å². The lowest BCUT2D eigenvalue weighted by atomic mass is 10.1. The van der Waals surface area contributed by atoms with Gasteiger partial charge in [0.05, 0.1) is 13.2 Å². The average molecular weight is 609 g/mol. The molecule has 0 aliphatic rings. The Morgan fingerprint density at radius 1 is 0.651 bits per heavy atom. The lowest BCUT2D eigenvalue weighted by molar-refractivity contribution is -0.146. The largest absolute Gasteiger partial charge is 0.464 e. The van der Waals surface area contributed by atoms with Gasteiger partial charge in [-0.25, -0.2) is 19.4 Å². The summed E-state index contributed by atoms with van der Waals surface area (Å²) in [6, 6.07) is -1.08. The van der Waals surface area contributed by atoms with E-state index >= 15 is 0 Å². The Labute approximate surface area is 262 Å². The lowest BCUT2D eigenvalue weighted by Gasteiger charge is -2.18. The number of carbonyl (C=O) groups excluding carboxylic acids is 4. The summed E-state index contributed by atoms with van der Waals surface area (Å²) in [4.78, 5) is 51.0. The maximum atomic E-state index is 12.8. The van der Waals surface area contributed by atoms with Crippen LogP contribution in [0.1, 0.15) is 162 Å². The highest BCUT2D eigenvalue weighted by atomic mass is 16.5. The summed E-state index contributed by atoms with van der Waals surface area (Å²) >= 11 is 0. The van der Waals surface area contributed by atoms with E-state index < -0.39 is 12.0 Å². The van der Waals surface area contributed by atoms with E-state index in [-0.39, 0.29) is 11.9 Å². The van der Waals surface area contributed by atoms with E-state index in [1.807, 2.05) is 0 Å². The van der Waals surface area contributed by atoms with E-state index in [4.69, 9.17) is 4.74 Å². The smallest absolute Gasteiger partial charge is 0.328 e. The van der Waals surface area contributed by atoms with E-state index in [9.17, 15) is 19.2 Å². The topological polar surface area (TPSA) is 126 Å². The lowest BCUT2D eigenvalue weighted by Crippen LogP contribution is -2.47. The third kappa shape index (κ3) is 29.4. The van der Waals surface area contributed by atoms with Crippen molar-refractivity contribution in [1.29, 1.82) is 0 Å². The van der Waals surface area contributed by atoms with Crippen LogP contribution in [-0.2, 0) is 19.1 Å². The molecule has 0 fully saturated rings. The molecular weight excluding hydrogens is 544 g/mol. The summed E-state index contributed by atoms with van der Waals surface area (Å²) < 4.78 is 5.51. The van der Waals surface area contributed by atoms with Crippen LogP contribution in [0.5, 0.6) is 0 Å². The van der Waals surface area contributed by atoms with Crippen molar-refractivity contribution in [2.75, 3.05) is 26.2 Å². The van der Waals surface area contributed by atoms with Gasteiger partial charge < -0.3 is 20.7 Å². The number of nitrogens with one attached hydrogen (secondary N) is 3. The highest BCUT2D eigenvalue weighted by Gasteiger charge is 2.21. The number of amides is 3. The molecular formula is C34H64N4O5. The molecule has 0 saturated carbocycles. The number of hydrogen-bond donors (Lipinski definition) is 3. The van der Waals surface area contributed by atoms with Crippen LogP contribution >= 0.6 is 0 Å². The molecule has 0 aromatic carbocycles. The number of urea groups is 1. The fourth-order valence-electron chi connectivity index (χ4n) is 4.92. The fraction of sp³-hybridized carbons (Fsp3) is 0.882. The highest BCUT2D eigenvalue weighted by molar-refractivity contribution is 5.83. The van der Waals surface area contributed by atoms with Gasteiger partial charge in [0, 0.05) is 19.5 Å². The van der Waals surface area contributed by atoms with Crippen molar-refractivity contribution in [3.63, 3.8) is 0 Å². The maximum absolute atomic E-state index is 12.8. The number of aliphatic imine (C=N–C) groups is 1. The Balaban J connectivity index is 4.27. The number of ether oxygens (including phenoxy) is 1. The van der Waals surface area contributed by atoms with Crippen molar-refractivity contribution in [3.8, 4) is 0 Å². The first-order valence-electron chi connectivity index (χ1n) is 17.6. The van der Waals surface area contributed by atoms with Crippen LogP contribution in [0, 0.1) is 0 Å². The first-order chi connectivity index (χ1) is 21.0. The molecule has 0 bridgehead atoms. The summed E-state index contributed by atoms with van der Waals surface area (Å²) in [5, 5.41) is 8.61. The summed E-state index contributed by atoms with van der Waals surface area (Å²) in [6.07, 6.45) is 25.2. The van der Waals surface area contributed by atoms with Gasteiger partial charge in [0.15, 0.2) is 0 Å². The number of esters is 1. The summed E-state index contributed by atoms with van der Waals surface area (Å²) in [6.45, 7) is 6.36. The van der Waals surface area contributed by atoms with Crippen LogP contribution in [0.2, 0.25) is 0 Å². The van der Waals surface area contributed by atoms with Gasteiger partial charge in [0.2, 0.25) is 12.0 Å². The normalized spacial score (nSPS) is 11.4. The van der Waals surface area contributed by atoms with Crippen molar-refractivity contribution in [1.82, 2.24) is 16.0 Å². The third-order valence-corrected chi connectivity index (χ3v) is 7.63. The predicted molar refractivity (Wildman–Crippen MR) is 175 cm³/mol. The van der Waals surface area contributed by atoms with Gasteiger partial charge in [-0.2, -0.15) is 0 Å². The number of hydrogen-bond acceptors (Lipinski definition) is 6. The van der Waals surface area contributed by atoms with Crippen molar-refractivity contribution in [2.24, 2.45) is 4.99 Å². The minimum absolute atomic E-state index is 0.0896. The molecule has 1 atom stereocenters. The molecule has 9 heteroatoms. The Morgan fingerprint density at radius 3 is 1.84 bits per heavy atom. The Bertz CT molecular complexity index is 728. The van der Waals surface area contributed by atoms with Crippen LogP contribution in [-0.4, -0.2) is 56.3 Å². The van der Waals surface area contributed by atoms with Crippen molar-refractivity contribution in [2.45, 2.75) is 168 Å². The molecule has 3 amide bonds. The highest BCUT2D eigenvalue weighted by Crippen LogP contribution is 2.11. The zero-order chi connectivity index (χ0) is 31.6. The molecule has 0 aliphatic carbocycles. The number of nitrogens with zero attached hydrogens (tertiary/aromatic N) is 1. The first-order valence-corrected chi connectivity index (χ1v) is 17.6. The van der Waals surface area contributed by atoms with Crippen LogP contribution in [0.4, 0.5) is 4.79 Å². The molecule has 0 radical (unpaired) electrons. The number of unbranched alkanes of at least 4 members (excludes halogenated alkanes) is 17. The molecule has 0 saturated heterocycles. The second-order valence-electron chi connectivity index (χ2n) is 11.7. The van der Waals surface area contributed by atoms with Crippen LogP contribution < -0.4 is 16.0 Å². The fourth-order valence-corrected chi connectivity index (χ4v) is 4.92. The van der Waals surface area contributed by atoms with Gasteiger partial charge in [-0.1, -0.05) is 110 Å². The van der Waals surface area contributed by atoms with E-state index in [1.165, 1.54) is 70.3 Å². The Hall–Kier alpha value is -2.41. The molecule has 0 aromatic heterocycles. The van der Waals surface area contributed by atoms with Gasteiger partial charge in [0.25, 0.3) is 0 Å². The van der Waals surface area contributed by atoms with Crippen molar-refractivity contribution in [3.05, 3.63) is 0 Å². The van der Waals surface area contributed by atoms with Crippen molar-refractivity contribution < 1.29 is 23.9 Å². The molecule has 9 nitrogen and oxygen atoms in total. The summed E-state index contributed by atoms with van der Waals surface area (Å²) in [5.74, 6) is -0.305. The molecule has 0 aromatic rings. The second-order valence-corrected chi connectivity index (χ2v) is 11.7. The monoisotopic (exact) mass is 608 g/mol. The quantitative estimate of drug-likeness (QED) is 0.0322. The SMILES string of the molecule is CCCCCCCCCCCC(=O)NCCCC[C@H](NC(=O)NCCCCCCN=C=O)C(=O)OCCCCCCCC. The van der Waals surface area contributed by atoms with Crippen LogP contribution in [0.15, 0.2) is 4.99 Å². The number of isocyanates is 1. The molecule has 0 unspecified atom stereocenters. The van der Waals surface area contributed by atoms with Gasteiger partial charge in [-0.05, 0) is 44.9 Å². The van der Waals surface area contributed by atoms with Gasteiger partial charge >= 0.3 is 12.0 Å².